The largest absolute Gasteiger partial charge is 0.496 e. The molecule has 1 aromatic rings. The van der Waals surface area contributed by atoms with Crippen LogP contribution >= 0.6 is 0 Å². The lowest BCUT2D eigenvalue weighted by Crippen LogP contribution is -2.32. The van der Waals surface area contributed by atoms with Crippen LogP contribution in [-0.4, -0.2) is 30.9 Å². The molecule has 0 heterocycles. The van der Waals surface area contributed by atoms with Gasteiger partial charge in [0, 0.05) is 23.7 Å². The van der Waals surface area contributed by atoms with Crippen molar-refractivity contribution in [3.63, 3.8) is 0 Å². The Kier molecular flexibility index (Phi) is 5.86. The van der Waals surface area contributed by atoms with Crippen molar-refractivity contribution in [2.24, 2.45) is 0 Å². The molecule has 1 unspecified atom stereocenters. The van der Waals surface area contributed by atoms with E-state index in [1.165, 1.54) is 0 Å². The van der Waals surface area contributed by atoms with Crippen LogP contribution in [0.15, 0.2) is 18.2 Å². The zero-order chi connectivity index (χ0) is 13.5. The summed E-state index contributed by atoms with van der Waals surface area (Å²) in [7, 11) is 1.67. The zero-order valence-corrected chi connectivity index (χ0v) is 11.8. The van der Waals surface area contributed by atoms with Gasteiger partial charge in [0.15, 0.2) is 0 Å². The van der Waals surface area contributed by atoms with Gasteiger partial charge in [-0.3, -0.25) is 9.69 Å². The highest BCUT2D eigenvalue weighted by molar-refractivity contribution is 5.75. The molecule has 0 aliphatic carbocycles. The van der Waals surface area contributed by atoms with Gasteiger partial charge in [0.05, 0.1) is 7.11 Å². The van der Waals surface area contributed by atoms with Crippen molar-refractivity contribution in [1.82, 2.24) is 4.90 Å². The third-order valence-corrected chi connectivity index (χ3v) is 3.43. The highest BCUT2D eigenvalue weighted by atomic mass is 16.5. The molecule has 1 rings (SSSR count). The molecule has 1 atom stereocenters. The van der Waals surface area contributed by atoms with Crippen molar-refractivity contribution < 1.29 is 9.53 Å². The monoisotopic (exact) mass is 249 g/mol. The smallest absolute Gasteiger partial charge is 0.150 e. The summed E-state index contributed by atoms with van der Waals surface area (Å²) >= 11 is 0. The number of aldehydes is 1. The Morgan fingerprint density at radius 1 is 1.39 bits per heavy atom. The van der Waals surface area contributed by atoms with Crippen molar-refractivity contribution in [2.45, 2.75) is 39.8 Å². The van der Waals surface area contributed by atoms with Gasteiger partial charge in [-0.25, -0.2) is 0 Å². The SMILES string of the molecule is CCC(C)N(CC)Cc1cc(C=O)ccc1OC. The van der Waals surface area contributed by atoms with Gasteiger partial charge in [-0.05, 0) is 38.1 Å². The van der Waals surface area contributed by atoms with E-state index in [4.69, 9.17) is 4.74 Å². The quantitative estimate of drug-likeness (QED) is 0.695. The van der Waals surface area contributed by atoms with E-state index in [0.717, 1.165) is 37.1 Å². The number of nitrogens with zero attached hydrogens (tertiary/aromatic N) is 1. The molecule has 18 heavy (non-hydrogen) atoms. The van der Waals surface area contributed by atoms with Crippen molar-refractivity contribution >= 4 is 6.29 Å². The average Bonchev–Trinajstić information content (AvgIpc) is 2.43. The normalized spacial score (nSPS) is 12.5. The molecule has 100 valence electrons. The summed E-state index contributed by atoms with van der Waals surface area (Å²) in [5.41, 5.74) is 1.77. The Balaban J connectivity index is 2.95. The Labute approximate surface area is 110 Å². The molecule has 0 aliphatic heterocycles. The molecule has 3 heteroatoms. The van der Waals surface area contributed by atoms with Gasteiger partial charge in [-0.15, -0.1) is 0 Å². The molecule has 1 aromatic carbocycles. The van der Waals surface area contributed by atoms with Crippen LogP contribution in [0.3, 0.4) is 0 Å². The molecular weight excluding hydrogens is 226 g/mol. The van der Waals surface area contributed by atoms with Crippen molar-refractivity contribution in [1.29, 1.82) is 0 Å². The van der Waals surface area contributed by atoms with E-state index in [9.17, 15) is 4.79 Å². The third kappa shape index (κ3) is 3.57. The molecular formula is C15H23NO2. The van der Waals surface area contributed by atoms with E-state index in [-0.39, 0.29) is 0 Å². The molecule has 0 saturated heterocycles. The Hall–Kier alpha value is -1.35. The van der Waals surface area contributed by atoms with Gasteiger partial charge < -0.3 is 4.74 Å². The first-order valence-electron chi connectivity index (χ1n) is 6.52. The molecule has 0 bridgehead atoms. The first-order valence-corrected chi connectivity index (χ1v) is 6.52. The number of hydrogen-bond donors (Lipinski definition) is 0. The van der Waals surface area contributed by atoms with Crippen LogP contribution in [0.1, 0.15) is 43.1 Å². The predicted octanol–water partition coefficient (Wildman–Crippen LogP) is 3.13. The van der Waals surface area contributed by atoms with Crippen LogP contribution < -0.4 is 4.74 Å². The number of ether oxygens (including phenoxy) is 1. The van der Waals surface area contributed by atoms with Crippen molar-refractivity contribution in [3.8, 4) is 5.75 Å². The maximum Gasteiger partial charge on any atom is 0.150 e. The van der Waals surface area contributed by atoms with Crippen molar-refractivity contribution in [3.05, 3.63) is 29.3 Å². The first kappa shape index (κ1) is 14.7. The lowest BCUT2D eigenvalue weighted by molar-refractivity contribution is 0.112. The molecule has 0 saturated carbocycles. The number of carbonyl (C=O) groups is 1. The molecule has 0 aliphatic rings. The van der Waals surface area contributed by atoms with E-state index >= 15 is 0 Å². The average molecular weight is 249 g/mol. The second kappa shape index (κ2) is 7.17. The minimum Gasteiger partial charge on any atom is -0.496 e. The maximum absolute atomic E-state index is 10.8. The highest BCUT2D eigenvalue weighted by Gasteiger charge is 2.13. The Bertz CT molecular complexity index is 390. The molecule has 0 radical (unpaired) electrons. The van der Waals surface area contributed by atoms with E-state index in [1.807, 2.05) is 12.1 Å². The second-order valence-electron chi connectivity index (χ2n) is 4.51. The van der Waals surface area contributed by atoms with Crippen LogP contribution in [-0.2, 0) is 6.54 Å². The van der Waals surface area contributed by atoms with E-state index < -0.39 is 0 Å². The summed E-state index contributed by atoms with van der Waals surface area (Å²) in [5.74, 6) is 0.849. The fourth-order valence-electron chi connectivity index (χ4n) is 2.05. The Morgan fingerprint density at radius 2 is 2.11 bits per heavy atom. The summed E-state index contributed by atoms with van der Waals surface area (Å²) in [5, 5.41) is 0. The summed E-state index contributed by atoms with van der Waals surface area (Å²) in [6, 6.07) is 6.09. The van der Waals surface area contributed by atoms with Crippen LogP contribution in [0.4, 0.5) is 0 Å². The summed E-state index contributed by atoms with van der Waals surface area (Å²) in [6.07, 6.45) is 1.99. The fourth-order valence-corrected chi connectivity index (χ4v) is 2.05. The van der Waals surface area contributed by atoms with Gasteiger partial charge in [-0.1, -0.05) is 13.8 Å². The molecule has 0 amide bonds. The zero-order valence-electron chi connectivity index (χ0n) is 11.8. The minimum absolute atomic E-state index is 0.527. The van der Waals surface area contributed by atoms with Gasteiger partial charge in [0.25, 0.3) is 0 Å². The maximum atomic E-state index is 10.8. The third-order valence-electron chi connectivity index (χ3n) is 3.43. The van der Waals surface area contributed by atoms with Gasteiger partial charge in [0.2, 0.25) is 0 Å². The number of hydrogen-bond acceptors (Lipinski definition) is 3. The van der Waals surface area contributed by atoms with Crippen LogP contribution in [0.2, 0.25) is 0 Å². The number of carbonyl (C=O) groups excluding carboxylic acids is 1. The van der Waals surface area contributed by atoms with E-state index in [0.29, 0.717) is 11.6 Å². The second-order valence-corrected chi connectivity index (χ2v) is 4.51. The number of benzene rings is 1. The Morgan fingerprint density at radius 3 is 2.61 bits per heavy atom. The molecule has 0 N–H and O–H groups in total. The standard InChI is InChI=1S/C15H23NO2/c1-5-12(3)16(6-2)10-14-9-13(11-17)7-8-15(14)18-4/h7-9,11-12H,5-6,10H2,1-4H3. The minimum atomic E-state index is 0.527. The number of rotatable bonds is 7. The molecule has 0 fully saturated rings. The van der Waals surface area contributed by atoms with Gasteiger partial charge in [-0.2, -0.15) is 0 Å². The van der Waals surface area contributed by atoms with E-state index in [2.05, 4.69) is 25.7 Å². The predicted molar refractivity (Wildman–Crippen MR) is 74.2 cm³/mol. The lowest BCUT2D eigenvalue weighted by Gasteiger charge is -2.27. The molecule has 3 nitrogen and oxygen atoms in total. The number of methoxy groups -OCH3 is 1. The summed E-state index contributed by atoms with van der Waals surface area (Å²) in [6.45, 7) is 8.37. The first-order chi connectivity index (χ1) is 8.65. The summed E-state index contributed by atoms with van der Waals surface area (Å²) < 4.78 is 5.36. The molecule has 0 spiro atoms. The van der Waals surface area contributed by atoms with E-state index in [1.54, 1.807) is 13.2 Å². The topological polar surface area (TPSA) is 29.5 Å². The van der Waals surface area contributed by atoms with Gasteiger partial charge in [0.1, 0.15) is 12.0 Å². The lowest BCUT2D eigenvalue weighted by atomic mass is 10.1. The van der Waals surface area contributed by atoms with Crippen molar-refractivity contribution in [2.75, 3.05) is 13.7 Å². The van der Waals surface area contributed by atoms with Gasteiger partial charge >= 0.3 is 0 Å². The van der Waals surface area contributed by atoms with Crippen LogP contribution in [0, 0.1) is 0 Å². The van der Waals surface area contributed by atoms with Crippen LogP contribution in [0.25, 0.3) is 0 Å². The highest BCUT2D eigenvalue weighted by Crippen LogP contribution is 2.22. The summed E-state index contributed by atoms with van der Waals surface area (Å²) in [4.78, 5) is 13.2. The fraction of sp³-hybridized carbons (Fsp3) is 0.533. The van der Waals surface area contributed by atoms with Crippen LogP contribution in [0.5, 0.6) is 5.75 Å². The molecule has 0 aromatic heterocycles.